The summed E-state index contributed by atoms with van der Waals surface area (Å²) in [5.74, 6) is -0.607. The Balaban J connectivity index is 2.20. The van der Waals surface area contributed by atoms with Gasteiger partial charge in [-0.05, 0) is 30.9 Å². The number of pyridine rings is 1. The van der Waals surface area contributed by atoms with Crippen LogP contribution in [0.2, 0.25) is 0 Å². The molecule has 1 aromatic heterocycles. The number of carbonyl (C=O) groups excluding carboxylic acids is 1. The summed E-state index contributed by atoms with van der Waals surface area (Å²) in [5.41, 5.74) is 0.871. The third-order valence-corrected chi connectivity index (χ3v) is 3.83. The van der Waals surface area contributed by atoms with Gasteiger partial charge in [0, 0.05) is 30.9 Å². The number of carboxylic acids is 1. The second kappa shape index (κ2) is 7.02. The molecule has 0 spiro atoms. The molecule has 1 saturated heterocycles. The summed E-state index contributed by atoms with van der Waals surface area (Å²) in [6.45, 7) is 3.64. The monoisotopic (exact) mass is 288 g/mol. The lowest BCUT2D eigenvalue weighted by atomic mass is 9.95. The number of amides is 1. The fraction of sp³-hybridized carbons (Fsp3) is 0.438. The van der Waals surface area contributed by atoms with Crippen molar-refractivity contribution in [2.75, 3.05) is 13.1 Å². The first-order valence-electron chi connectivity index (χ1n) is 7.27. The molecule has 1 aliphatic heterocycles. The highest BCUT2D eigenvalue weighted by atomic mass is 16.4. The molecule has 0 saturated carbocycles. The molecule has 112 valence electrons. The van der Waals surface area contributed by atoms with Gasteiger partial charge in [0.25, 0.3) is 5.91 Å². The minimum absolute atomic E-state index is 0.112. The van der Waals surface area contributed by atoms with Crippen molar-refractivity contribution in [1.82, 2.24) is 9.88 Å². The molecule has 0 aliphatic carbocycles. The van der Waals surface area contributed by atoms with Crippen LogP contribution in [-0.4, -0.2) is 40.0 Å². The van der Waals surface area contributed by atoms with Gasteiger partial charge in [0.1, 0.15) is 5.69 Å². The summed E-state index contributed by atoms with van der Waals surface area (Å²) < 4.78 is 0. The Morgan fingerprint density at radius 1 is 1.52 bits per heavy atom. The van der Waals surface area contributed by atoms with Gasteiger partial charge in [-0.15, -0.1) is 0 Å². The lowest BCUT2D eigenvalue weighted by Crippen LogP contribution is -2.40. The first-order valence-corrected chi connectivity index (χ1v) is 7.27. The molecule has 5 heteroatoms. The van der Waals surface area contributed by atoms with E-state index in [0.29, 0.717) is 17.2 Å². The quantitative estimate of drug-likeness (QED) is 0.864. The molecule has 1 N–H and O–H groups in total. The van der Waals surface area contributed by atoms with Crippen molar-refractivity contribution in [3.8, 4) is 0 Å². The third-order valence-electron chi connectivity index (χ3n) is 3.83. The van der Waals surface area contributed by atoms with Gasteiger partial charge < -0.3 is 10.0 Å². The van der Waals surface area contributed by atoms with Crippen LogP contribution in [0.1, 0.15) is 42.2 Å². The molecule has 1 amide bonds. The predicted molar refractivity (Wildman–Crippen MR) is 79.8 cm³/mol. The van der Waals surface area contributed by atoms with E-state index in [2.05, 4.69) is 11.9 Å². The van der Waals surface area contributed by atoms with Crippen LogP contribution in [0.3, 0.4) is 0 Å². The number of rotatable bonds is 4. The molecule has 1 atom stereocenters. The molecule has 2 rings (SSSR count). The van der Waals surface area contributed by atoms with Crippen molar-refractivity contribution in [3.05, 3.63) is 35.7 Å². The van der Waals surface area contributed by atoms with Crippen molar-refractivity contribution in [2.24, 2.45) is 5.92 Å². The Hall–Kier alpha value is -2.17. The smallest absolute Gasteiger partial charge is 0.328 e. The number of carbonyl (C=O) groups is 2. The van der Waals surface area contributed by atoms with E-state index in [1.54, 1.807) is 18.3 Å². The number of hydrogen-bond donors (Lipinski definition) is 1. The molecular weight excluding hydrogens is 268 g/mol. The molecule has 0 radical (unpaired) electrons. The normalized spacial score (nSPS) is 18.9. The topological polar surface area (TPSA) is 70.5 Å². The molecule has 1 unspecified atom stereocenters. The first-order chi connectivity index (χ1) is 10.1. The second-order valence-electron chi connectivity index (χ2n) is 5.28. The van der Waals surface area contributed by atoms with E-state index < -0.39 is 5.97 Å². The lowest BCUT2D eigenvalue weighted by molar-refractivity contribution is -0.131. The molecular formula is C16H20N2O3. The maximum absolute atomic E-state index is 12.6. The van der Waals surface area contributed by atoms with Crippen molar-refractivity contribution >= 4 is 18.0 Å². The Bertz CT molecular complexity index is 554. The second-order valence-corrected chi connectivity index (χ2v) is 5.28. The van der Waals surface area contributed by atoms with E-state index in [1.807, 2.05) is 4.90 Å². The van der Waals surface area contributed by atoms with Crippen LogP contribution in [0.15, 0.2) is 24.4 Å². The maximum atomic E-state index is 12.6. The predicted octanol–water partition coefficient (Wildman–Crippen LogP) is 2.44. The zero-order valence-corrected chi connectivity index (χ0v) is 12.2. The molecule has 1 fully saturated rings. The van der Waals surface area contributed by atoms with Gasteiger partial charge in [0.05, 0.1) is 0 Å². The van der Waals surface area contributed by atoms with Crippen molar-refractivity contribution in [1.29, 1.82) is 0 Å². The number of hydrogen-bond acceptors (Lipinski definition) is 3. The lowest BCUT2D eigenvalue weighted by Gasteiger charge is -2.32. The van der Waals surface area contributed by atoms with Crippen LogP contribution in [0.4, 0.5) is 0 Å². The highest BCUT2D eigenvalue weighted by molar-refractivity contribution is 5.97. The van der Waals surface area contributed by atoms with E-state index >= 15 is 0 Å². The average Bonchev–Trinajstić information content (AvgIpc) is 2.52. The molecule has 21 heavy (non-hydrogen) atoms. The van der Waals surface area contributed by atoms with Gasteiger partial charge in [-0.1, -0.05) is 19.4 Å². The van der Waals surface area contributed by atoms with Gasteiger partial charge in [-0.2, -0.15) is 0 Å². The zero-order valence-electron chi connectivity index (χ0n) is 12.2. The first kappa shape index (κ1) is 15.2. The van der Waals surface area contributed by atoms with Crippen LogP contribution in [-0.2, 0) is 4.79 Å². The van der Waals surface area contributed by atoms with Gasteiger partial charge >= 0.3 is 5.97 Å². The summed E-state index contributed by atoms with van der Waals surface area (Å²) in [6.07, 6.45) is 7.25. The number of aliphatic carboxylic acids is 1. The summed E-state index contributed by atoms with van der Waals surface area (Å²) in [7, 11) is 0. The van der Waals surface area contributed by atoms with Gasteiger partial charge in [-0.3, -0.25) is 9.78 Å². The standard InChI is InChI=1S/C16H20N2O3/c1-2-12-5-4-10-18(11-12)16(21)15-13(6-3-9-17-15)7-8-14(19)20/h3,6-9,12H,2,4-5,10-11H2,1H3,(H,19,20)/b8-7+. The summed E-state index contributed by atoms with van der Waals surface area (Å²) in [6, 6.07) is 3.41. The summed E-state index contributed by atoms with van der Waals surface area (Å²) in [5, 5.41) is 8.72. The SMILES string of the molecule is CCC1CCCN(C(=O)c2ncccc2/C=C/C(=O)O)C1. The minimum Gasteiger partial charge on any atom is -0.478 e. The van der Waals surface area contributed by atoms with Crippen molar-refractivity contribution in [2.45, 2.75) is 26.2 Å². The summed E-state index contributed by atoms with van der Waals surface area (Å²) in [4.78, 5) is 29.2. The molecule has 0 aromatic carbocycles. The summed E-state index contributed by atoms with van der Waals surface area (Å²) >= 11 is 0. The van der Waals surface area contributed by atoms with Crippen LogP contribution in [0.25, 0.3) is 6.08 Å². The van der Waals surface area contributed by atoms with E-state index in [9.17, 15) is 9.59 Å². The largest absolute Gasteiger partial charge is 0.478 e. The van der Waals surface area contributed by atoms with Gasteiger partial charge in [0.15, 0.2) is 0 Å². The van der Waals surface area contributed by atoms with Crippen molar-refractivity contribution in [3.63, 3.8) is 0 Å². The van der Waals surface area contributed by atoms with E-state index in [0.717, 1.165) is 38.4 Å². The number of piperidine rings is 1. The number of carboxylic acid groups (broad SMARTS) is 1. The Labute approximate surface area is 124 Å². The van der Waals surface area contributed by atoms with Crippen LogP contribution < -0.4 is 0 Å². The Kier molecular flexibility index (Phi) is 5.09. The van der Waals surface area contributed by atoms with Gasteiger partial charge in [-0.25, -0.2) is 4.79 Å². The van der Waals surface area contributed by atoms with Crippen LogP contribution >= 0.6 is 0 Å². The highest BCUT2D eigenvalue weighted by Gasteiger charge is 2.25. The highest BCUT2D eigenvalue weighted by Crippen LogP contribution is 2.21. The number of aromatic nitrogens is 1. The van der Waals surface area contributed by atoms with Crippen LogP contribution in [0.5, 0.6) is 0 Å². The molecule has 0 bridgehead atoms. The molecule has 5 nitrogen and oxygen atoms in total. The Morgan fingerprint density at radius 3 is 3.05 bits per heavy atom. The molecule has 1 aromatic rings. The van der Waals surface area contributed by atoms with E-state index in [4.69, 9.17) is 5.11 Å². The fourth-order valence-electron chi connectivity index (χ4n) is 2.62. The molecule has 1 aliphatic rings. The zero-order chi connectivity index (χ0) is 15.2. The van der Waals surface area contributed by atoms with E-state index in [-0.39, 0.29) is 5.91 Å². The molecule has 2 heterocycles. The minimum atomic E-state index is -1.04. The fourth-order valence-corrected chi connectivity index (χ4v) is 2.62. The average molecular weight is 288 g/mol. The third kappa shape index (κ3) is 3.90. The van der Waals surface area contributed by atoms with Crippen LogP contribution in [0, 0.1) is 5.92 Å². The number of likely N-dealkylation sites (tertiary alicyclic amines) is 1. The number of nitrogens with zero attached hydrogens (tertiary/aromatic N) is 2. The van der Waals surface area contributed by atoms with Crippen molar-refractivity contribution < 1.29 is 14.7 Å². The van der Waals surface area contributed by atoms with Gasteiger partial charge in [0.2, 0.25) is 0 Å². The Morgan fingerprint density at radius 2 is 2.33 bits per heavy atom. The van der Waals surface area contributed by atoms with E-state index in [1.165, 1.54) is 6.08 Å². The maximum Gasteiger partial charge on any atom is 0.328 e.